The molecule has 6 nitrogen and oxygen atoms in total. The van der Waals surface area contributed by atoms with Crippen molar-refractivity contribution in [2.75, 3.05) is 13.2 Å². The molecule has 0 aliphatic heterocycles. The number of carbonyl (C=O) groups excluding carboxylic acids is 3. The largest absolute Gasteiger partial charge is 0.462 e. The highest BCUT2D eigenvalue weighted by molar-refractivity contribution is 5.71. The molecule has 0 aromatic heterocycles. The summed E-state index contributed by atoms with van der Waals surface area (Å²) in [7, 11) is 0. The summed E-state index contributed by atoms with van der Waals surface area (Å²) in [6.07, 6.45) is 72.2. The molecule has 0 saturated heterocycles. The number of hydrogen-bond donors (Lipinski definition) is 0. The van der Waals surface area contributed by atoms with Gasteiger partial charge in [0.25, 0.3) is 0 Å². The Morgan fingerprint density at radius 3 is 0.884 bits per heavy atom. The fourth-order valence-electron chi connectivity index (χ4n) is 8.44. The van der Waals surface area contributed by atoms with E-state index in [-0.39, 0.29) is 31.1 Å². The first-order chi connectivity index (χ1) is 34.0. The molecule has 0 aromatic carbocycles. The maximum atomic E-state index is 12.9. The van der Waals surface area contributed by atoms with Gasteiger partial charge in [0.05, 0.1) is 0 Å². The first-order valence-electron chi connectivity index (χ1n) is 29.8. The molecule has 69 heavy (non-hydrogen) atoms. The highest BCUT2D eigenvalue weighted by atomic mass is 16.6. The molecule has 0 aromatic rings. The predicted octanol–water partition coefficient (Wildman–Crippen LogP) is 20.0. The van der Waals surface area contributed by atoms with E-state index in [1.165, 1.54) is 186 Å². The third kappa shape index (κ3) is 55.9. The number of carbonyl (C=O) groups is 3. The Hall–Kier alpha value is -2.89. The van der Waals surface area contributed by atoms with Gasteiger partial charge in [-0.25, -0.2) is 0 Å². The molecule has 0 N–H and O–H groups in total. The molecule has 400 valence electrons. The Kier molecular flexibility index (Phi) is 55.3. The molecule has 0 fully saturated rings. The number of esters is 3. The Labute approximate surface area is 428 Å². The topological polar surface area (TPSA) is 78.9 Å². The number of unbranched alkanes of at least 4 members (excludes halogenated alkanes) is 33. The minimum Gasteiger partial charge on any atom is -0.462 e. The first kappa shape index (κ1) is 66.1. The van der Waals surface area contributed by atoms with Crippen molar-refractivity contribution < 1.29 is 28.6 Å². The molecule has 0 heterocycles. The summed E-state index contributed by atoms with van der Waals surface area (Å²) in [4.78, 5) is 38.2. The predicted molar refractivity (Wildman–Crippen MR) is 298 cm³/mol. The maximum Gasteiger partial charge on any atom is 0.306 e. The lowest BCUT2D eigenvalue weighted by molar-refractivity contribution is -0.167. The Balaban J connectivity index is 4.39. The summed E-state index contributed by atoms with van der Waals surface area (Å²) in [5.74, 6) is -0.926. The smallest absolute Gasteiger partial charge is 0.306 e. The Morgan fingerprint density at radius 2 is 0.522 bits per heavy atom. The SMILES string of the molecule is CCCCC/C=C\C/C=C\C/C=C\CCCCC(=O)OC[C@H](COC(=O)CCCCCCC/C=C\CCCCCCCC)OC(=O)CCCCCCCCCCCCC/C=C\CCCCCCCC. The van der Waals surface area contributed by atoms with Crippen molar-refractivity contribution in [2.45, 2.75) is 309 Å². The van der Waals surface area contributed by atoms with Gasteiger partial charge in [-0.1, -0.05) is 236 Å². The van der Waals surface area contributed by atoms with Crippen molar-refractivity contribution in [3.05, 3.63) is 60.8 Å². The van der Waals surface area contributed by atoms with Gasteiger partial charge in [-0.05, 0) is 109 Å². The van der Waals surface area contributed by atoms with Crippen LogP contribution in [0.4, 0.5) is 0 Å². The molecule has 0 amide bonds. The first-order valence-corrected chi connectivity index (χ1v) is 29.8. The monoisotopic (exact) mass is 965 g/mol. The van der Waals surface area contributed by atoms with Gasteiger partial charge in [-0.3, -0.25) is 14.4 Å². The van der Waals surface area contributed by atoms with Crippen molar-refractivity contribution in [3.8, 4) is 0 Å². The van der Waals surface area contributed by atoms with E-state index in [4.69, 9.17) is 14.2 Å². The van der Waals surface area contributed by atoms with Crippen molar-refractivity contribution >= 4 is 17.9 Å². The number of ether oxygens (including phenoxy) is 3. The zero-order chi connectivity index (χ0) is 50.0. The zero-order valence-electron chi connectivity index (χ0n) is 45.8. The molecule has 0 rings (SSSR count). The highest BCUT2D eigenvalue weighted by Crippen LogP contribution is 2.16. The number of allylic oxidation sites excluding steroid dienone is 10. The van der Waals surface area contributed by atoms with Crippen LogP contribution in [0.5, 0.6) is 0 Å². The minimum atomic E-state index is -0.793. The van der Waals surface area contributed by atoms with E-state index in [9.17, 15) is 14.4 Å². The van der Waals surface area contributed by atoms with Crippen LogP contribution in [-0.4, -0.2) is 37.2 Å². The van der Waals surface area contributed by atoms with E-state index in [0.717, 1.165) is 77.0 Å². The summed E-state index contributed by atoms with van der Waals surface area (Å²) >= 11 is 0. The van der Waals surface area contributed by atoms with Crippen LogP contribution < -0.4 is 0 Å². The van der Waals surface area contributed by atoms with Gasteiger partial charge in [0.1, 0.15) is 13.2 Å². The van der Waals surface area contributed by atoms with Gasteiger partial charge in [0.15, 0.2) is 6.10 Å². The molecule has 0 radical (unpaired) electrons. The van der Waals surface area contributed by atoms with Gasteiger partial charge in [0, 0.05) is 19.3 Å². The molecule has 1 atom stereocenters. The van der Waals surface area contributed by atoms with Crippen LogP contribution in [0.2, 0.25) is 0 Å². The van der Waals surface area contributed by atoms with Gasteiger partial charge >= 0.3 is 17.9 Å². The molecule has 0 bridgehead atoms. The second-order valence-corrected chi connectivity index (χ2v) is 19.9. The average Bonchev–Trinajstić information content (AvgIpc) is 3.35. The van der Waals surface area contributed by atoms with E-state index < -0.39 is 6.10 Å². The molecule has 0 spiro atoms. The van der Waals surface area contributed by atoms with Crippen LogP contribution in [0, 0.1) is 0 Å². The zero-order valence-corrected chi connectivity index (χ0v) is 45.8. The standard InChI is InChI=1S/C63H112O6/c1-4-7-10-13-16-19-22-25-28-29-30-31-32-33-36-39-42-45-48-51-54-57-63(66)69-60(58-67-61(64)55-52-49-46-43-40-37-34-26-23-20-17-14-11-8-5-2)59-68-62(65)56-53-50-47-44-41-38-35-27-24-21-18-15-12-9-6-3/h17,20,25-28,34-35,40,43,60H,4-16,18-19,21-24,29-33,36-39,41-42,44-59H2,1-3H3/b20-17-,28-25-,34-26-,35-27-,43-40-/t60-/m1/s1. The lowest BCUT2D eigenvalue weighted by atomic mass is 10.0. The molecule has 0 saturated carbocycles. The van der Waals surface area contributed by atoms with Gasteiger partial charge in [-0.2, -0.15) is 0 Å². The van der Waals surface area contributed by atoms with Crippen LogP contribution in [0.25, 0.3) is 0 Å². The second kappa shape index (κ2) is 57.7. The molecule has 6 heteroatoms. The fourth-order valence-corrected chi connectivity index (χ4v) is 8.44. The fraction of sp³-hybridized carbons (Fsp3) is 0.794. The highest BCUT2D eigenvalue weighted by Gasteiger charge is 2.19. The lowest BCUT2D eigenvalue weighted by Gasteiger charge is -2.18. The van der Waals surface area contributed by atoms with Gasteiger partial charge in [0.2, 0.25) is 0 Å². The lowest BCUT2D eigenvalue weighted by Crippen LogP contribution is -2.30. The van der Waals surface area contributed by atoms with Crippen molar-refractivity contribution in [3.63, 3.8) is 0 Å². The van der Waals surface area contributed by atoms with E-state index in [1.807, 2.05) is 0 Å². The van der Waals surface area contributed by atoms with E-state index in [2.05, 4.69) is 81.5 Å². The van der Waals surface area contributed by atoms with Crippen LogP contribution >= 0.6 is 0 Å². The van der Waals surface area contributed by atoms with Crippen LogP contribution in [0.1, 0.15) is 303 Å². The Bertz CT molecular complexity index is 1250. The molecule has 0 aliphatic rings. The average molecular weight is 966 g/mol. The van der Waals surface area contributed by atoms with Crippen molar-refractivity contribution in [1.82, 2.24) is 0 Å². The third-order valence-electron chi connectivity index (χ3n) is 13.0. The summed E-state index contributed by atoms with van der Waals surface area (Å²) in [5, 5.41) is 0. The molecule has 0 aliphatic carbocycles. The number of rotatable bonds is 54. The summed E-state index contributed by atoms with van der Waals surface area (Å²) in [5.41, 5.74) is 0. The molecular weight excluding hydrogens is 853 g/mol. The third-order valence-corrected chi connectivity index (χ3v) is 13.0. The van der Waals surface area contributed by atoms with Crippen LogP contribution in [-0.2, 0) is 28.6 Å². The second-order valence-electron chi connectivity index (χ2n) is 19.9. The van der Waals surface area contributed by atoms with E-state index in [0.29, 0.717) is 19.3 Å². The Morgan fingerprint density at radius 1 is 0.290 bits per heavy atom. The summed E-state index contributed by atoms with van der Waals surface area (Å²) in [6.45, 7) is 6.59. The normalized spacial score (nSPS) is 12.4. The van der Waals surface area contributed by atoms with E-state index in [1.54, 1.807) is 0 Å². The number of hydrogen-bond acceptors (Lipinski definition) is 6. The van der Waals surface area contributed by atoms with E-state index >= 15 is 0 Å². The minimum absolute atomic E-state index is 0.0895. The maximum absolute atomic E-state index is 12.9. The van der Waals surface area contributed by atoms with Gasteiger partial charge < -0.3 is 14.2 Å². The quantitative estimate of drug-likeness (QED) is 0.0262. The van der Waals surface area contributed by atoms with Crippen LogP contribution in [0.3, 0.4) is 0 Å². The van der Waals surface area contributed by atoms with Crippen LogP contribution in [0.15, 0.2) is 60.8 Å². The summed E-state index contributed by atoms with van der Waals surface area (Å²) in [6, 6.07) is 0. The summed E-state index contributed by atoms with van der Waals surface area (Å²) < 4.78 is 16.8. The van der Waals surface area contributed by atoms with Gasteiger partial charge in [-0.15, -0.1) is 0 Å². The molecular formula is C63H112O6. The van der Waals surface area contributed by atoms with Crippen molar-refractivity contribution in [2.24, 2.45) is 0 Å². The van der Waals surface area contributed by atoms with Crippen molar-refractivity contribution in [1.29, 1.82) is 0 Å². The molecule has 0 unspecified atom stereocenters.